The Bertz CT molecular complexity index is 622. The first-order valence-corrected chi connectivity index (χ1v) is 9.90. The van der Waals surface area contributed by atoms with Gasteiger partial charge in [0.1, 0.15) is 12.7 Å². The monoisotopic (exact) mass is 391 g/mol. The quantitative estimate of drug-likeness (QED) is 0.662. The molecule has 1 aliphatic carbocycles. The van der Waals surface area contributed by atoms with E-state index < -0.39 is 6.09 Å². The second kappa shape index (κ2) is 10.3. The number of amides is 2. The molecule has 0 heterocycles. The summed E-state index contributed by atoms with van der Waals surface area (Å²) >= 11 is 0. The molecule has 1 aliphatic rings. The summed E-state index contributed by atoms with van der Waals surface area (Å²) in [7, 11) is 0. The Balaban J connectivity index is 1.67. The summed E-state index contributed by atoms with van der Waals surface area (Å²) < 4.78 is 10.5. The van der Waals surface area contributed by atoms with Gasteiger partial charge in [-0.3, -0.25) is 0 Å². The third-order valence-electron chi connectivity index (χ3n) is 5.08. The van der Waals surface area contributed by atoms with Crippen LogP contribution in [0.25, 0.3) is 0 Å². The SMILES string of the molecule is CC(C)(C)C(CNC1CCC(NC(=O)OCc2ccccc2)CC1)OC(N)=O. The number of ether oxygens (including phenoxy) is 2. The normalized spacial score (nSPS) is 20.8. The predicted molar refractivity (Wildman–Crippen MR) is 108 cm³/mol. The zero-order chi connectivity index (χ0) is 20.6. The zero-order valence-electron chi connectivity index (χ0n) is 17.1. The fourth-order valence-electron chi connectivity index (χ4n) is 3.31. The van der Waals surface area contributed by atoms with Gasteiger partial charge in [-0.1, -0.05) is 51.1 Å². The van der Waals surface area contributed by atoms with Crippen LogP contribution in [0.4, 0.5) is 9.59 Å². The van der Waals surface area contributed by atoms with Crippen molar-refractivity contribution in [2.24, 2.45) is 11.1 Å². The van der Waals surface area contributed by atoms with Crippen LogP contribution >= 0.6 is 0 Å². The number of hydrogen-bond donors (Lipinski definition) is 3. The van der Waals surface area contributed by atoms with E-state index in [0.29, 0.717) is 12.6 Å². The molecule has 1 aromatic carbocycles. The Morgan fingerprint density at radius 3 is 2.29 bits per heavy atom. The van der Waals surface area contributed by atoms with Crippen LogP contribution in [0.3, 0.4) is 0 Å². The van der Waals surface area contributed by atoms with Crippen molar-refractivity contribution in [3.8, 4) is 0 Å². The molecule has 2 amide bonds. The summed E-state index contributed by atoms with van der Waals surface area (Å²) in [6.45, 7) is 6.89. The average Bonchev–Trinajstić information content (AvgIpc) is 2.64. The summed E-state index contributed by atoms with van der Waals surface area (Å²) in [6.07, 6.45) is 2.25. The van der Waals surface area contributed by atoms with Gasteiger partial charge in [0.05, 0.1) is 0 Å². The molecule has 4 N–H and O–H groups in total. The number of carbonyl (C=O) groups is 2. The van der Waals surface area contributed by atoms with E-state index in [-0.39, 0.29) is 30.3 Å². The van der Waals surface area contributed by atoms with Crippen LogP contribution in [-0.4, -0.2) is 36.9 Å². The standard InChI is InChI=1S/C21H33N3O4/c1-21(2,3)18(28-19(22)25)13-23-16-9-11-17(12-10-16)24-20(26)27-14-15-7-5-4-6-8-15/h4-8,16-18,23H,9-14H2,1-3H3,(H2,22,25)(H,24,26). The molecule has 0 bridgehead atoms. The van der Waals surface area contributed by atoms with Crippen molar-refractivity contribution in [1.82, 2.24) is 10.6 Å². The van der Waals surface area contributed by atoms with E-state index in [1.165, 1.54) is 0 Å². The van der Waals surface area contributed by atoms with E-state index >= 15 is 0 Å². The number of nitrogens with one attached hydrogen (secondary N) is 2. The minimum atomic E-state index is -0.747. The van der Waals surface area contributed by atoms with Crippen molar-refractivity contribution in [1.29, 1.82) is 0 Å². The number of benzene rings is 1. The van der Waals surface area contributed by atoms with Crippen LogP contribution in [-0.2, 0) is 16.1 Å². The van der Waals surface area contributed by atoms with Gasteiger partial charge in [-0.05, 0) is 31.2 Å². The predicted octanol–water partition coefficient (Wildman–Crippen LogP) is 3.32. The number of rotatable bonds is 7. The first kappa shape index (κ1) is 22.0. The minimum Gasteiger partial charge on any atom is -0.445 e. The van der Waals surface area contributed by atoms with E-state index in [1.807, 2.05) is 51.1 Å². The Morgan fingerprint density at radius 1 is 1.11 bits per heavy atom. The van der Waals surface area contributed by atoms with Crippen molar-refractivity contribution in [2.45, 2.75) is 71.2 Å². The van der Waals surface area contributed by atoms with Gasteiger partial charge in [0, 0.05) is 24.0 Å². The third-order valence-corrected chi connectivity index (χ3v) is 5.08. The molecule has 7 nitrogen and oxygen atoms in total. The highest BCUT2D eigenvalue weighted by Gasteiger charge is 2.29. The summed E-state index contributed by atoms with van der Waals surface area (Å²) in [5.41, 5.74) is 5.96. The van der Waals surface area contributed by atoms with E-state index in [9.17, 15) is 9.59 Å². The van der Waals surface area contributed by atoms with Gasteiger partial charge in [-0.2, -0.15) is 0 Å². The van der Waals surface area contributed by atoms with E-state index in [2.05, 4.69) is 10.6 Å². The van der Waals surface area contributed by atoms with Gasteiger partial charge >= 0.3 is 12.2 Å². The first-order chi connectivity index (χ1) is 13.2. The molecule has 156 valence electrons. The van der Waals surface area contributed by atoms with Crippen molar-refractivity contribution >= 4 is 12.2 Å². The van der Waals surface area contributed by atoms with Crippen LogP contribution < -0.4 is 16.4 Å². The van der Waals surface area contributed by atoms with Crippen LogP contribution in [0.15, 0.2) is 30.3 Å². The van der Waals surface area contributed by atoms with Crippen LogP contribution in [0.2, 0.25) is 0 Å². The lowest BCUT2D eigenvalue weighted by atomic mass is 9.87. The van der Waals surface area contributed by atoms with Gasteiger partial charge in [-0.25, -0.2) is 9.59 Å². The van der Waals surface area contributed by atoms with Crippen molar-refractivity contribution in [3.05, 3.63) is 35.9 Å². The van der Waals surface area contributed by atoms with Gasteiger partial charge in [0.25, 0.3) is 0 Å². The summed E-state index contributed by atoms with van der Waals surface area (Å²) in [6, 6.07) is 10.1. The highest BCUT2D eigenvalue weighted by molar-refractivity contribution is 5.67. The summed E-state index contributed by atoms with van der Waals surface area (Å²) in [5.74, 6) is 0. The number of carbonyl (C=O) groups excluding carboxylic acids is 2. The molecule has 1 saturated carbocycles. The third kappa shape index (κ3) is 7.76. The number of alkyl carbamates (subject to hydrolysis) is 1. The van der Waals surface area contributed by atoms with Gasteiger partial charge in [0.2, 0.25) is 0 Å². The van der Waals surface area contributed by atoms with E-state index in [1.54, 1.807) is 0 Å². The molecule has 1 atom stereocenters. The lowest BCUT2D eigenvalue weighted by molar-refractivity contribution is 0.0344. The van der Waals surface area contributed by atoms with Gasteiger partial charge in [-0.15, -0.1) is 0 Å². The molecular formula is C21H33N3O4. The van der Waals surface area contributed by atoms with E-state index in [0.717, 1.165) is 31.2 Å². The van der Waals surface area contributed by atoms with Crippen molar-refractivity contribution < 1.29 is 19.1 Å². The molecule has 0 aliphatic heterocycles. The zero-order valence-corrected chi connectivity index (χ0v) is 17.1. The number of hydrogen-bond acceptors (Lipinski definition) is 5. The maximum absolute atomic E-state index is 12.0. The second-order valence-electron chi connectivity index (χ2n) is 8.45. The van der Waals surface area contributed by atoms with Gasteiger partial charge in [0.15, 0.2) is 0 Å². The molecule has 0 saturated heterocycles. The maximum Gasteiger partial charge on any atom is 0.407 e. The van der Waals surface area contributed by atoms with Crippen LogP contribution in [0.1, 0.15) is 52.0 Å². The molecule has 1 unspecified atom stereocenters. The molecule has 0 aromatic heterocycles. The smallest absolute Gasteiger partial charge is 0.407 e. The Labute approximate surface area is 167 Å². The highest BCUT2D eigenvalue weighted by Crippen LogP contribution is 2.23. The minimum absolute atomic E-state index is 0.126. The fraction of sp³-hybridized carbons (Fsp3) is 0.619. The van der Waals surface area contributed by atoms with E-state index in [4.69, 9.17) is 15.2 Å². The molecule has 1 fully saturated rings. The Hall–Kier alpha value is -2.28. The molecular weight excluding hydrogens is 358 g/mol. The molecule has 2 rings (SSSR count). The largest absolute Gasteiger partial charge is 0.445 e. The Morgan fingerprint density at radius 2 is 1.71 bits per heavy atom. The fourth-order valence-corrected chi connectivity index (χ4v) is 3.31. The Kier molecular flexibility index (Phi) is 8.11. The average molecular weight is 392 g/mol. The van der Waals surface area contributed by atoms with Gasteiger partial charge < -0.3 is 25.8 Å². The number of nitrogens with two attached hydrogens (primary N) is 1. The topological polar surface area (TPSA) is 103 Å². The summed E-state index contributed by atoms with van der Waals surface area (Å²) in [4.78, 5) is 23.1. The summed E-state index contributed by atoms with van der Waals surface area (Å²) in [5, 5.41) is 6.43. The lowest BCUT2D eigenvalue weighted by Crippen LogP contribution is -2.47. The lowest BCUT2D eigenvalue weighted by Gasteiger charge is -2.34. The molecule has 0 spiro atoms. The molecule has 28 heavy (non-hydrogen) atoms. The van der Waals surface area contributed by atoms with Crippen molar-refractivity contribution in [2.75, 3.05) is 6.54 Å². The second-order valence-corrected chi connectivity index (χ2v) is 8.45. The first-order valence-electron chi connectivity index (χ1n) is 9.90. The molecule has 7 heteroatoms. The van der Waals surface area contributed by atoms with Crippen LogP contribution in [0, 0.1) is 5.41 Å². The van der Waals surface area contributed by atoms with Crippen molar-refractivity contribution in [3.63, 3.8) is 0 Å². The maximum atomic E-state index is 12.0. The molecule has 1 aromatic rings. The number of primary amides is 1. The highest BCUT2D eigenvalue weighted by atomic mass is 16.6. The molecule has 0 radical (unpaired) electrons. The van der Waals surface area contributed by atoms with Crippen LogP contribution in [0.5, 0.6) is 0 Å².